The Morgan fingerprint density at radius 3 is 2.56 bits per heavy atom. The number of benzene rings is 2. The van der Waals surface area contributed by atoms with E-state index >= 15 is 0 Å². The summed E-state index contributed by atoms with van der Waals surface area (Å²) in [5.41, 5.74) is 3.85. The molecule has 0 aliphatic heterocycles. The second-order valence-electron chi connectivity index (χ2n) is 9.28. The Labute approximate surface area is 228 Å². The van der Waals surface area contributed by atoms with Gasteiger partial charge in [0.25, 0.3) is 0 Å². The number of nitrogens with zero attached hydrogens (tertiary/aromatic N) is 6. The van der Waals surface area contributed by atoms with Gasteiger partial charge in [-0.15, -0.1) is 0 Å². The number of hydrogen-bond donors (Lipinski definition) is 2. The first kappa shape index (κ1) is 27.4. The van der Waals surface area contributed by atoms with Crippen molar-refractivity contribution in [1.82, 2.24) is 24.4 Å². The molecule has 0 fully saturated rings. The van der Waals surface area contributed by atoms with Crippen LogP contribution in [0.5, 0.6) is 11.5 Å². The minimum absolute atomic E-state index is 0.317. The minimum atomic E-state index is -0.317. The zero-order valence-electron chi connectivity index (χ0n) is 23.1. The van der Waals surface area contributed by atoms with Gasteiger partial charge in [0.2, 0.25) is 11.9 Å². The highest BCUT2D eigenvalue weighted by Crippen LogP contribution is 2.38. The summed E-state index contributed by atoms with van der Waals surface area (Å²) in [7, 11) is 11.2. The summed E-state index contributed by atoms with van der Waals surface area (Å²) in [5, 5.41) is 7.10. The van der Waals surface area contributed by atoms with Crippen molar-refractivity contribution in [2.45, 2.75) is 0 Å². The fourth-order valence-electron chi connectivity index (χ4n) is 4.19. The lowest BCUT2D eigenvalue weighted by molar-refractivity contribution is -0.111. The van der Waals surface area contributed by atoms with Crippen LogP contribution in [-0.2, 0) is 11.8 Å². The van der Waals surface area contributed by atoms with E-state index in [1.807, 2.05) is 63.2 Å². The third kappa shape index (κ3) is 6.10. The zero-order valence-corrected chi connectivity index (χ0v) is 23.1. The number of nitrogens with one attached hydrogen (secondary N) is 2. The van der Waals surface area contributed by atoms with Crippen molar-refractivity contribution in [1.29, 1.82) is 0 Å². The number of fused-ring (bicyclic) bond motifs is 1. The largest absolute Gasteiger partial charge is 0.497 e. The van der Waals surface area contributed by atoms with E-state index in [9.17, 15) is 4.79 Å². The van der Waals surface area contributed by atoms with Gasteiger partial charge in [-0.25, -0.2) is 9.97 Å². The molecular formula is C28H34N8O3. The lowest BCUT2D eigenvalue weighted by atomic mass is 10.1. The number of carbonyl (C=O) groups is 1. The van der Waals surface area contributed by atoms with Gasteiger partial charge in [-0.2, -0.15) is 4.98 Å². The van der Waals surface area contributed by atoms with E-state index in [-0.39, 0.29) is 5.91 Å². The molecule has 0 saturated heterocycles. The van der Waals surface area contributed by atoms with E-state index in [1.165, 1.54) is 12.4 Å². The van der Waals surface area contributed by atoms with Crippen molar-refractivity contribution in [3.8, 4) is 22.9 Å². The number of rotatable bonds is 11. The van der Waals surface area contributed by atoms with Crippen LogP contribution in [0.1, 0.15) is 0 Å². The monoisotopic (exact) mass is 530 g/mol. The van der Waals surface area contributed by atoms with Gasteiger partial charge < -0.3 is 34.5 Å². The summed E-state index contributed by atoms with van der Waals surface area (Å²) < 4.78 is 13.1. The van der Waals surface area contributed by atoms with Gasteiger partial charge in [0.05, 0.1) is 31.3 Å². The van der Waals surface area contributed by atoms with Crippen LogP contribution in [0.3, 0.4) is 0 Å². The maximum absolute atomic E-state index is 12.3. The number of carbonyl (C=O) groups excluding carboxylic acids is 1. The van der Waals surface area contributed by atoms with E-state index < -0.39 is 0 Å². The Bertz CT molecular complexity index is 1500. The molecule has 2 heterocycles. The molecule has 1 amide bonds. The average Bonchev–Trinajstić information content (AvgIpc) is 3.27. The van der Waals surface area contributed by atoms with Crippen LogP contribution in [0.4, 0.5) is 23.0 Å². The summed E-state index contributed by atoms with van der Waals surface area (Å²) in [5.74, 6) is 1.83. The number of anilines is 4. The lowest BCUT2D eigenvalue weighted by Gasteiger charge is -2.25. The minimum Gasteiger partial charge on any atom is -0.497 e. The van der Waals surface area contributed by atoms with E-state index in [1.54, 1.807) is 20.3 Å². The van der Waals surface area contributed by atoms with Gasteiger partial charge in [0.1, 0.15) is 17.8 Å². The highest BCUT2D eigenvalue weighted by Gasteiger charge is 2.18. The maximum Gasteiger partial charge on any atom is 0.247 e. The van der Waals surface area contributed by atoms with Crippen LogP contribution in [-0.4, -0.2) is 78.8 Å². The predicted octanol–water partition coefficient (Wildman–Crippen LogP) is 3.91. The number of aromatic nitrogens is 4. The van der Waals surface area contributed by atoms with Crippen LogP contribution in [0.2, 0.25) is 0 Å². The SMILES string of the molecule is C=CC(=O)Nc1cc(Nc2ncnc(-c3cn(C)c4ccc(OC)cc34)n2)c(OC)cc1N(C)CCN(C)C. The summed E-state index contributed by atoms with van der Waals surface area (Å²) in [6.07, 6.45) is 4.67. The van der Waals surface area contributed by atoms with Crippen LogP contribution in [0.15, 0.2) is 55.5 Å². The first-order chi connectivity index (χ1) is 18.7. The van der Waals surface area contributed by atoms with Crippen LogP contribution in [0, 0.1) is 0 Å². The first-order valence-electron chi connectivity index (χ1n) is 12.3. The molecule has 0 atom stereocenters. The fourth-order valence-corrected chi connectivity index (χ4v) is 4.19. The zero-order chi connectivity index (χ0) is 28.1. The van der Waals surface area contributed by atoms with Gasteiger partial charge in [-0.3, -0.25) is 4.79 Å². The van der Waals surface area contributed by atoms with E-state index in [4.69, 9.17) is 9.47 Å². The number of methoxy groups -OCH3 is 2. The number of likely N-dealkylation sites (N-methyl/N-ethyl adjacent to an activating group) is 2. The van der Waals surface area contributed by atoms with Crippen LogP contribution < -0.4 is 25.0 Å². The molecule has 11 heteroatoms. The molecule has 0 bridgehead atoms. The standard InChI is InChI=1S/C28H34N8O3/c1-8-26(37)31-21-14-22(25(39-7)15-24(21)35(4)12-11-34(2)3)32-28-30-17-29-27(33-28)20-16-36(5)23-10-9-18(38-6)13-19(20)23/h8-10,13-17H,1,11-12H2,2-7H3,(H,31,37)(H,29,30,32,33). The van der Waals surface area contributed by atoms with E-state index in [0.29, 0.717) is 28.9 Å². The topological polar surface area (TPSA) is 110 Å². The van der Waals surface area contributed by atoms with Crippen LogP contribution in [0.25, 0.3) is 22.3 Å². The van der Waals surface area contributed by atoms with Crippen molar-refractivity contribution >= 4 is 39.8 Å². The van der Waals surface area contributed by atoms with Gasteiger partial charge in [0.15, 0.2) is 5.82 Å². The predicted molar refractivity (Wildman–Crippen MR) is 155 cm³/mol. The molecular weight excluding hydrogens is 496 g/mol. The highest BCUT2D eigenvalue weighted by atomic mass is 16.5. The molecule has 0 radical (unpaired) electrons. The smallest absolute Gasteiger partial charge is 0.247 e. The summed E-state index contributed by atoms with van der Waals surface area (Å²) in [4.78, 5) is 29.8. The molecule has 4 aromatic rings. The van der Waals surface area contributed by atoms with E-state index in [2.05, 4.69) is 42.0 Å². The molecule has 204 valence electrons. The fraction of sp³-hybridized carbons (Fsp3) is 0.286. The molecule has 2 aromatic carbocycles. The molecule has 4 rings (SSSR count). The normalized spacial score (nSPS) is 10.9. The van der Waals surface area contributed by atoms with Gasteiger partial charge >= 0.3 is 0 Å². The van der Waals surface area contributed by atoms with E-state index in [0.717, 1.165) is 41.0 Å². The Balaban J connectivity index is 1.72. The maximum atomic E-state index is 12.3. The van der Waals surface area contributed by atoms with Crippen molar-refractivity contribution in [2.24, 2.45) is 7.05 Å². The van der Waals surface area contributed by atoms with Crippen LogP contribution >= 0.6 is 0 Å². The molecule has 0 aliphatic rings. The molecule has 39 heavy (non-hydrogen) atoms. The molecule has 2 N–H and O–H groups in total. The second-order valence-corrected chi connectivity index (χ2v) is 9.28. The summed E-state index contributed by atoms with van der Waals surface area (Å²) >= 11 is 0. The van der Waals surface area contributed by atoms with Gasteiger partial charge in [0, 0.05) is 55.9 Å². The molecule has 0 saturated carbocycles. The number of aryl methyl sites for hydroxylation is 1. The molecule has 0 spiro atoms. The van der Waals surface area contributed by atoms with Crippen molar-refractivity contribution in [2.75, 3.05) is 64.0 Å². The summed E-state index contributed by atoms with van der Waals surface area (Å²) in [6, 6.07) is 9.55. The number of ether oxygens (including phenoxy) is 2. The van der Waals surface area contributed by atoms with Crippen molar-refractivity contribution in [3.05, 3.63) is 55.5 Å². The van der Waals surface area contributed by atoms with Gasteiger partial charge in [-0.05, 0) is 44.4 Å². The van der Waals surface area contributed by atoms with Gasteiger partial charge in [-0.1, -0.05) is 6.58 Å². The third-order valence-corrected chi connectivity index (χ3v) is 6.31. The number of hydrogen-bond acceptors (Lipinski definition) is 9. The molecule has 0 unspecified atom stereocenters. The Morgan fingerprint density at radius 2 is 1.87 bits per heavy atom. The first-order valence-corrected chi connectivity index (χ1v) is 12.3. The average molecular weight is 531 g/mol. The molecule has 0 aliphatic carbocycles. The lowest BCUT2D eigenvalue weighted by Crippen LogP contribution is -2.29. The Hall–Kier alpha value is -4.64. The highest BCUT2D eigenvalue weighted by molar-refractivity contribution is 6.02. The quantitative estimate of drug-likeness (QED) is 0.279. The molecule has 11 nitrogen and oxygen atoms in total. The third-order valence-electron chi connectivity index (χ3n) is 6.31. The Kier molecular flexibility index (Phi) is 8.30. The second kappa shape index (κ2) is 11.8. The van der Waals surface area contributed by atoms with Crippen molar-refractivity contribution in [3.63, 3.8) is 0 Å². The Morgan fingerprint density at radius 1 is 1.08 bits per heavy atom. The summed E-state index contributed by atoms with van der Waals surface area (Å²) in [6.45, 7) is 5.16. The number of amides is 1. The molecule has 2 aromatic heterocycles. The van der Waals surface area contributed by atoms with Crippen molar-refractivity contribution < 1.29 is 14.3 Å².